The van der Waals surface area contributed by atoms with E-state index >= 15 is 0 Å². The van der Waals surface area contributed by atoms with Crippen LogP contribution < -0.4 is 0 Å². The van der Waals surface area contributed by atoms with Crippen LogP contribution in [0.2, 0.25) is 10.6 Å². The van der Waals surface area contributed by atoms with Crippen molar-refractivity contribution in [3.63, 3.8) is 0 Å². The van der Waals surface area contributed by atoms with Gasteiger partial charge in [0.1, 0.15) is 0 Å². The Kier molecular flexibility index (Phi) is 8.13. The molecule has 0 amide bonds. The number of rotatable bonds is 9. The average Bonchev–Trinajstić information content (AvgIpc) is 2.82. The van der Waals surface area contributed by atoms with Gasteiger partial charge >= 0.3 is 186 Å². The Bertz CT molecular complexity index is 806. The van der Waals surface area contributed by atoms with Gasteiger partial charge in [-0.1, -0.05) is 0 Å². The monoisotopic (exact) mass is 468 g/mol. The average molecular weight is 467 g/mol. The van der Waals surface area contributed by atoms with Gasteiger partial charge < -0.3 is 0 Å². The molecule has 0 radical (unpaired) electrons. The Morgan fingerprint density at radius 3 is 1.30 bits per heavy atom. The van der Waals surface area contributed by atoms with Crippen LogP contribution in [-0.2, 0) is 34.0 Å². The molecule has 1 fully saturated rings. The maximum absolute atomic E-state index is 6.43. The van der Waals surface area contributed by atoms with Gasteiger partial charge in [-0.25, -0.2) is 0 Å². The zero-order chi connectivity index (χ0) is 20.4. The molecule has 1 aliphatic rings. The van der Waals surface area contributed by atoms with Gasteiger partial charge in [-0.2, -0.15) is 0 Å². The molecule has 0 bridgehead atoms. The van der Waals surface area contributed by atoms with Gasteiger partial charge in [0.15, 0.2) is 0 Å². The van der Waals surface area contributed by atoms with Crippen molar-refractivity contribution in [3.8, 4) is 0 Å². The van der Waals surface area contributed by atoms with E-state index in [0.29, 0.717) is 34.8 Å². The van der Waals surface area contributed by atoms with Gasteiger partial charge in [0.25, 0.3) is 0 Å². The first kappa shape index (κ1) is 21.3. The second-order valence-electron chi connectivity index (χ2n) is 7.47. The van der Waals surface area contributed by atoms with Crippen LogP contribution in [0.5, 0.6) is 0 Å². The van der Waals surface area contributed by atoms with E-state index in [1.807, 2.05) is 18.2 Å². The summed E-state index contributed by atoms with van der Waals surface area (Å²) < 4.78 is 19.2. The molecule has 1 heterocycles. The Morgan fingerprint density at radius 1 is 0.533 bits per heavy atom. The second kappa shape index (κ2) is 11.5. The third kappa shape index (κ3) is 6.28. The Balaban J connectivity index is 1.42. The molecular formula is C26H28O3Se. The zero-order valence-electron chi connectivity index (χ0n) is 17.1. The third-order valence-electron chi connectivity index (χ3n) is 5.20. The first-order chi connectivity index (χ1) is 14.9. The van der Waals surface area contributed by atoms with Crippen LogP contribution in [0.3, 0.4) is 0 Å². The summed E-state index contributed by atoms with van der Waals surface area (Å²) in [5.41, 5.74) is 3.57. The van der Waals surface area contributed by atoms with Gasteiger partial charge in [0.05, 0.1) is 0 Å². The van der Waals surface area contributed by atoms with Crippen LogP contribution in [0.15, 0.2) is 91.0 Å². The van der Waals surface area contributed by atoms with E-state index < -0.39 is 0 Å². The second-order valence-corrected chi connectivity index (χ2v) is 9.72. The van der Waals surface area contributed by atoms with Crippen molar-refractivity contribution in [1.29, 1.82) is 0 Å². The Morgan fingerprint density at radius 2 is 0.900 bits per heavy atom. The molecule has 4 heteroatoms. The Labute approximate surface area is 185 Å². The maximum atomic E-state index is 6.43. The number of hydrogen-bond donors (Lipinski definition) is 0. The first-order valence-electron chi connectivity index (χ1n) is 10.4. The van der Waals surface area contributed by atoms with Crippen molar-refractivity contribution in [2.45, 2.75) is 48.8 Å². The van der Waals surface area contributed by atoms with Gasteiger partial charge in [-0.3, -0.25) is 0 Å². The van der Waals surface area contributed by atoms with Gasteiger partial charge in [-0.05, 0) is 0 Å². The van der Waals surface area contributed by atoms with E-state index in [2.05, 4.69) is 72.8 Å². The fourth-order valence-corrected chi connectivity index (χ4v) is 6.01. The van der Waals surface area contributed by atoms with E-state index in [-0.39, 0.29) is 18.3 Å². The van der Waals surface area contributed by atoms with E-state index in [4.69, 9.17) is 14.2 Å². The molecule has 0 spiro atoms. The minimum atomic E-state index is -0.0618. The first-order valence-corrected chi connectivity index (χ1v) is 12.8. The number of hydrogen-bond acceptors (Lipinski definition) is 3. The molecule has 3 nitrogen and oxygen atoms in total. The van der Waals surface area contributed by atoms with Crippen LogP contribution in [-0.4, -0.2) is 33.3 Å². The molecule has 2 unspecified atom stereocenters. The van der Waals surface area contributed by atoms with E-state index in [1.165, 1.54) is 16.7 Å². The molecular weight excluding hydrogens is 439 g/mol. The van der Waals surface area contributed by atoms with Gasteiger partial charge in [-0.15, -0.1) is 0 Å². The molecule has 0 aromatic heterocycles. The summed E-state index contributed by atoms with van der Waals surface area (Å²) in [5.74, 6) is 0. The molecule has 156 valence electrons. The van der Waals surface area contributed by atoms with E-state index in [0.717, 1.165) is 10.6 Å². The summed E-state index contributed by atoms with van der Waals surface area (Å²) in [4.78, 5) is 0. The summed E-state index contributed by atoms with van der Waals surface area (Å²) in [6.07, 6.45) is 0.0557. The zero-order valence-corrected chi connectivity index (χ0v) is 18.8. The normalized spacial score (nSPS) is 21.4. The van der Waals surface area contributed by atoms with Crippen molar-refractivity contribution in [3.05, 3.63) is 108 Å². The van der Waals surface area contributed by atoms with Crippen molar-refractivity contribution in [2.24, 2.45) is 0 Å². The summed E-state index contributed by atoms with van der Waals surface area (Å²) in [6.45, 7) is 1.80. The molecule has 4 rings (SSSR count). The van der Waals surface area contributed by atoms with E-state index in [1.54, 1.807) is 0 Å². The number of ether oxygens (including phenoxy) is 3. The predicted molar refractivity (Wildman–Crippen MR) is 120 cm³/mol. The molecule has 30 heavy (non-hydrogen) atoms. The molecule has 1 saturated heterocycles. The van der Waals surface area contributed by atoms with Crippen molar-refractivity contribution >= 4 is 15.0 Å². The summed E-state index contributed by atoms with van der Waals surface area (Å²) in [5, 5.41) is 2.12. The molecule has 0 saturated carbocycles. The summed E-state index contributed by atoms with van der Waals surface area (Å²) >= 11 is 0.495. The summed E-state index contributed by atoms with van der Waals surface area (Å²) in [6, 6.07) is 31.1. The minimum absolute atomic E-state index is 0.0587. The van der Waals surface area contributed by atoms with Crippen LogP contribution in [0.4, 0.5) is 0 Å². The SMILES string of the molecule is c1ccc(COC2C[Se]CC(OCc3ccccc3)C2OCc2ccccc2)cc1. The Hall–Kier alpha value is -1.94. The van der Waals surface area contributed by atoms with Crippen LogP contribution in [0.1, 0.15) is 16.7 Å². The van der Waals surface area contributed by atoms with Crippen LogP contribution in [0, 0.1) is 0 Å². The molecule has 3 aromatic rings. The van der Waals surface area contributed by atoms with Crippen molar-refractivity contribution < 1.29 is 14.2 Å². The van der Waals surface area contributed by atoms with Gasteiger partial charge in [0, 0.05) is 0 Å². The molecule has 2 atom stereocenters. The van der Waals surface area contributed by atoms with Crippen LogP contribution >= 0.6 is 0 Å². The van der Waals surface area contributed by atoms with Crippen molar-refractivity contribution in [1.82, 2.24) is 0 Å². The standard InChI is InChI=1S/C26H28O3Se/c1-4-10-21(11-5-1)16-27-24-19-30-20-25(28-17-22-12-6-2-7-13-22)26(24)29-18-23-14-8-3-9-15-23/h1-15,24-26H,16-20H2. The van der Waals surface area contributed by atoms with E-state index in [9.17, 15) is 0 Å². The fraction of sp³-hybridized carbons (Fsp3) is 0.308. The van der Waals surface area contributed by atoms with Crippen molar-refractivity contribution in [2.75, 3.05) is 0 Å². The number of benzene rings is 3. The predicted octanol–water partition coefficient (Wildman–Crippen LogP) is 5.30. The fourth-order valence-electron chi connectivity index (χ4n) is 3.55. The molecule has 1 aliphatic heterocycles. The molecule has 0 aliphatic carbocycles. The molecule has 3 aromatic carbocycles. The third-order valence-corrected chi connectivity index (χ3v) is 7.56. The molecule has 0 N–H and O–H groups in total. The summed E-state index contributed by atoms with van der Waals surface area (Å²) in [7, 11) is 0. The van der Waals surface area contributed by atoms with Gasteiger partial charge in [0.2, 0.25) is 0 Å². The quantitative estimate of drug-likeness (QED) is 0.400. The van der Waals surface area contributed by atoms with Crippen LogP contribution in [0.25, 0.3) is 0 Å². The topological polar surface area (TPSA) is 27.7 Å².